The molecule has 98 valence electrons. The molecule has 2 aliphatic rings. The Hall–Kier alpha value is -1.02. The zero-order chi connectivity index (χ0) is 12.8. The van der Waals surface area contributed by atoms with Crippen molar-refractivity contribution in [3.63, 3.8) is 0 Å². The maximum Gasteiger partial charge on any atom is 0.0426 e. The number of nitrogens with one attached hydrogen (secondary N) is 1. The lowest BCUT2D eigenvalue weighted by Gasteiger charge is -2.30. The molecular formula is C16H24N2. The Morgan fingerprint density at radius 1 is 1.22 bits per heavy atom. The summed E-state index contributed by atoms with van der Waals surface area (Å²) >= 11 is 0. The van der Waals surface area contributed by atoms with Gasteiger partial charge in [-0.3, -0.25) is 0 Å². The van der Waals surface area contributed by atoms with Crippen molar-refractivity contribution in [2.24, 2.45) is 5.41 Å². The highest BCUT2D eigenvalue weighted by atomic mass is 15.2. The Morgan fingerprint density at radius 2 is 1.89 bits per heavy atom. The van der Waals surface area contributed by atoms with Gasteiger partial charge in [-0.1, -0.05) is 18.2 Å². The lowest BCUT2D eigenvalue weighted by molar-refractivity contribution is 0.479. The van der Waals surface area contributed by atoms with Crippen LogP contribution in [0.4, 0.5) is 5.69 Å². The molecule has 1 aliphatic heterocycles. The van der Waals surface area contributed by atoms with Crippen molar-refractivity contribution in [1.82, 2.24) is 5.32 Å². The first-order valence-electron chi connectivity index (χ1n) is 7.14. The van der Waals surface area contributed by atoms with Crippen molar-refractivity contribution in [2.45, 2.75) is 39.7 Å². The van der Waals surface area contributed by atoms with Crippen LogP contribution >= 0.6 is 0 Å². The maximum atomic E-state index is 3.69. The minimum Gasteiger partial charge on any atom is -0.369 e. The van der Waals surface area contributed by atoms with E-state index in [0.29, 0.717) is 11.5 Å². The van der Waals surface area contributed by atoms with Crippen molar-refractivity contribution in [2.75, 3.05) is 24.5 Å². The van der Waals surface area contributed by atoms with Gasteiger partial charge in [0.05, 0.1) is 0 Å². The molecule has 1 atom stereocenters. The van der Waals surface area contributed by atoms with Crippen LogP contribution in [0.1, 0.15) is 30.9 Å². The van der Waals surface area contributed by atoms with Crippen LogP contribution in [-0.2, 0) is 0 Å². The molecule has 1 aromatic carbocycles. The van der Waals surface area contributed by atoms with E-state index in [-0.39, 0.29) is 0 Å². The van der Waals surface area contributed by atoms with E-state index in [2.05, 4.69) is 49.2 Å². The first kappa shape index (κ1) is 12.0. The third kappa shape index (κ3) is 2.14. The van der Waals surface area contributed by atoms with E-state index < -0.39 is 0 Å². The summed E-state index contributed by atoms with van der Waals surface area (Å²) in [5.41, 5.74) is 4.87. The van der Waals surface area contributed by atoms with Crippen LogP contribution in [0.25, 0.3) is 0 Å². The minimum atomic E-state index is 0.569. The third-order valence-electron chi connectivity index (χ3n) is 4.56. The maximum absolute atomic E-state index is 3.69. The normalized spacial score (nSPS) is 26.2. The molecule has 1 saturated heterocycles. The molecule has 1 saturated carbocycles. The molecule has 1 spiro atoms. The highest BCUT2D eigenvalue weighted by Gasteiger charge is 2.45. The molecule has 1 N–H and O–H groups in total. The van der Waals surface area contributed by atoms with E-state index in [9.17, 15) is 0 Å². The number of rotatable bonds is 1. The lowest BCUT2D eigenvalue weighted by atomic mass is 10.0. The molecule has 18 heavy (non-hydrogen) atoms. The standard InChI is InChI=1S/C16H24N2/c1-12-5-4-6-13(2)15(12)18-9-14(3)17-10-16(11-18)7-8-16/h4-6,14,17H,7-11H2,1-3H3. The summed E-state index contributed by atoms with van der Waals surface area (Å²) in [6.07, 6.45) is 2.79. The van der Waals surface area contributed by atoms with Crippen molar-refractivity contribution in [3.05, 3.63) is 29.3 Å². The lowest BCUT2D eigenvalue weighted by Crippen LogP contribution is -2.36. The van der Waals surface area contributed by atoms with E-state index in [1.807, 2.05) is 0 Å². The van der Waals surface area contributed by atoms with Crippen LogP contribution < -0.4 is 10.2 Å². The second kappa shape index (κ2) is 4.27. The summed E-state index contributed by atoms with van der Waals surface area (Å²) in [6, 6.07) is 7.24. The molecular weight excluding hydrogens is 220 g/mol. The topological polar surface area (TPSA) is 15.3 Å². The fourth-order valence-corrected chi connectivity index (χ4v) is 3.30. The van der Waals surface area contributed by atoms with Crippen LogP contribution in [0.3, 0.4) is 0 Å². The quantitative estimate of drug-likeness (QED) is 0.817. The molecule has 3 rings (SSSR count). The van der Waals surface area contributed by atoms with Crippen LogP contribution in [-0.4, -0.2) is 25.7 Å². The molecule has 0 amide bonds. The number of benzene rings is 1. The van der Waals surface area contributed by atoms with Gasteiger partial charge in [0.2, 0.25) is 0 Å². The van der Waals surface area contributed by atoms with Gasteiger partial charge in [-0.2, -0.15) is 0 Å². The number of anilines is 1. The molecule has 2 heteroatoms. The smallest absolute Gasteiger partial charge is 0.0426 e. The number of nitrogens with zero attached hydrogens (tertiary/aromatic N) is 1. The average Bonchev–Trinajstić information content (AvgIpc) is 3.08. The fourth-order valence-electron chi connectivity index (χ4n) is 3.30. The monoisotopic (exact) mass is 244 g/mol. The fraction of sp³-hybridized carbons (Fsp3) is 0.625. The Kier molecular flexibility index (Phi) is 2.86. The largest absolute Gasteiger partial charge is 0.369 e. The van der Waals surface area contributed by atoms with E-state index >= 15 is 0 Å². The number of hydrogen-bond acceptors (Lipinski definition) is 2. The highest BCUT2D eigenvalue weighted by molar-refractivity contribution is 5.59. The predicted octanol–water partition coefficient (Wildman–Crippen LogP) is 2.88. The predicted molar refractivity (Wildman–Crippen MR) is 77.3 cm³/mol. The van der Waals surface area contributed by atoms with Crippen LogP contribution in [0.5, 0.6) is 0 Å². The van der Waals surface area contributed by atoms with Crippen LogP contribution in [0, 0.1) is 19.3 Å². The summed E-state index contributed by atoms with van der Waals surface area (Å²) in [6.45, 7) is 10.4. The highest BCUT2D eigenvalue weighted by Crippen LogP contribution is 2.47. The summed E-state index contributed by atoms with van der Waals surface area (Å²) in [7, 11) is 0. The molecule has 1 unspecified atom stereocenters. The number of para-hydroxylation sites is 1. The van der Waals surface area contributed by atoms with Gasteiger partial charge < -0.3 is 10.2 Å². The summed E-state index contributed by atoms with van der Waals surface area (Å²) in [5.74, 6) is 0. The van der Waals surface area contributed by atoms with E-state index in [1.165, 1.54) is 42.7 Å². The van der Waals surface area contributed by atoms with Crippen molar-refractivity contribution in [1.29, 1.82) is 0 Å². The van der Waals surface area contributed by atoms with Crippen molar-refractivity contribution >= 4 is 5.69 Å². The van der Waals surface area contributed by atoms with Gasteiger partial charge in [0.15, 0.2) is 0 Å². The van der Waals surface area contributed by atoms with Gasteiger partial charge in [-0.25, -0.2) is 0 Å². The Balaban J connectivity index is 1.93. The molecule has 2 nitrogen and oxygen atoms in total. The Labute approximate surface area is 110 Å². The van der Waals surface area contributed by atoms with E-state index in [1.54, 1.807) is 0 Å². The average molecular weight is 244 g/mol. The molecule has 1 heterocycles. The number of aryl methyl sites for hydroxylation is 2. The van der Waals surface area contributed by atoms with Gasteiger partial charge in [-0.15, -0.1) is 0 Å². The van der Waals surface area contributed by atoms with Crippen LogP contribution in [0.2, 0.25) is 0 Å². The van der Waals surface area contributed by atoms with E-state index in [0.717, 1.165) is 6.54 Å². The second-order valence-corrected chi connectivity index (χ2v) is 6.40. The van der Waals surface area contributed by atoms with Gasteiger partial charge in [0, 0.05) is 36.8 Å². The SMILES string of the molecule is Cc1cccc(C)c1N1CC(C)NCC2(CC2)C1. The van der Waals surface area contributed by atoms with Crippen molar-refractivity contribution in [3.8, 4) is 0 Å². The van der Waals surface area contributed by atoms with Gasteiger partial charge in [-0.05, 0) is 44.7 Å². The second-order valence-electron chi connectivity index (χ2n) is 6.40. The molecule has 1 aromatic rings. The van der Waals surface area contributed by atoms with Crippen LogP contribution in [0.15, 0.2) is 18.2 Å². The Bertz CT molecular complexity index is 428. The van der Waals surface area contributed by atoms with E-state index in [4.69, 9.17) is 0 Å². The number of hydrogen-bond donors (Lipinski definition) is 1. The minimum absolute atomic E-state index is 0.569. The summed E-state index contributed by atoms with van der Waals surface area (Å²) in [4.78, 5) is 2.63. The first-order valence-corrected chi connectivity index (χ1v) is 7.14. The van der Waals surface area contributed by atoms with Gasteiger partial charge >= 0.3 is 0 Å². The molecule has 0 radical (unpaired) electrons. The summed E-state index contributed by atoms with van der Waals surface area (Å²) < 4.78 is 0. The van der Waals surface area contributed by atoms with Gasteiger partial charge in [0.1, 0.15) is 0 Å². The molecule has 0 aromatic heterocycles. The van der Waals surface area contributed by atoms with Crippen molar-refractivity contribution < 1.29 is 0 Å². The zero-order valence-corrected chi connectivity index (χ0v) is 11.8. The molecule has 1 aliphatic carbocycles. The summed E-state index contributed by atoms with van der Waals surface area (Å²) in [5, 5.41) is 3.69. The molecule has 0 bridgehead atoms. The molecule has 2 fully saturated rings. The third-order valence-corrected chi connectivity index (χ3v) is 4.56. The van der Waals surface area contributed by atoms with Gasteiger partial charge in [0.25, 0.3) is 0 Å². The zero-order valence-electron chi connectivity index (χ0n) is 11.8. The Morgan fingerprint density at radius 3 is 2.50 bits per heavy atom. The first-order chi connectivity index (χ1) is 8.60.